The van der Waals surface area contributed by atoms with Gasteiger partial charge in [0.05, 0.1) is 17.7 Å². The Balaban J connectivity index is 2.24. The number of hydrogen-bond acceptors (Lipinski definition) is 4. The third-order valence-electron chi connectivity index (χ3n) is 3.32. The summed E-state index contributed by atoms with van der Waals surface area (Å²) in [5.74, 6) is 0.450. The standard InChI is InChI=1S/C17H20ClNO2S/c1-4-5-8-19-11-12(2)22-17(19)10-15(20)14-9-13(18)6-7-16(14)21-3/h6-7,9-11H,4-5,8H2,1-3H3/b17-10-. The SMILES string of the molecule is CCCCN1C=C(C)S/C1=C\C(=O)c1cc(Cl)ccc1OC. The second kappa shape index (κ2) is 7.75. The number of hydrogen-bond donors (Lipinski definition) is 0. The molecule has 118 valence electrons. The fourth-order valence-corrected chi connectivity index (χ4v) is 3.32. The molecule has 2 rings (SSSR count). The largest absolute Gasteiger partial charge is 0.496 e. The van der Waals surface area contributed by atoms with Gasteiger partial charge in [-0.2, -0.15) is 0 Å². The van der Waals surface area contributed by atoms with Crippen LogP contribution in [0.2, 0.25) is 5.02 Å². The molecule has 0 saturated carbocycles. The Hall–Kier alpha value is -1.39. The van der Waals surface area contributed by atoms with Crippen molar-refractivity contribution in [2.24, 2.45) is 0 Å². The molecule has 0 spiro atoms. The average molecular weight is 338 g/mol. The average Bonchev–Trinajstić information content (AvgIpc) is 2.84. The molecule has 1 aliphatic heterocycles. The zero-order valence-corrected chi connectivity index (χ0v) is 14.6. The fraction of sp³-hybridized carbons (Fsp3) is 0.353. The van der Waals surface area contributed by atoms with Gasteiger partial charge in [-0.3, -0.25) is 4.79 Å². The molecular weight excluding hydrogens is 318 g/mol. The first-order chi connectivity index (χ1) is 10.5. The van der Waals surface area contributed by atoms with E-state index in [1.165, 1.54) is 4.91 Å². The van der Waals surface area contributed by atoms with Crippen LogP contribution in [0.3, 0.4) is 0 Å². The summed E-state index contributed by atoms with van der Waals surface area (Å²) in [6.07, 6.45) is 5.98. The van der Waals surface area contributed by atoms with Gasteiger partial charge in [0.1, 0.15) is 5.75 Å². The number of nitrogens with zero attached hydrogens (tertiary/aromatic N) is 1. The molecule has 1 aromatic carbocycles. The van der Waals surface area contributed by atoms with Crippen LogP contribution in [0.25, 0.3) is 0 Å². The first kappa shape index (κ1) is 17.0. The summed E-state index contributed by atoms with van der Waals surface area (Å²) < 4.78 is 5.26. The molecule has 0 amide bonds. The molecule has 1 heterocycles. The minimum absolute atomic E-state index is 0.0913. The number of halogens is 1. The van der Waals surface area contributed by atoms with Crippen LogP contribution >= 0.6 is 23.4 Å². The number of carbonyl (C=O) groups is 1. The minimum atomic E-state index is -0.0913. The first-order valence-electron chi connectivity index (χ1n) is 7.27. The maximum absolute atomic E-state index is 12.6. The number of allylic oxidation sites excluding steroid dienone is 2. The molecule has 0 N–H and O–H groups in total. The lowest BCUT2D eigenvalue weighted by Crippen LogP contribution is -2.14. The highest BCUT2D eigenvalue weighted by Crippen LogP contribution is 2.36. The van der Waals surface area contributed by atoms with Crippen LogP contribution in [-0.4, -0.2) is 24.3 Å². The van der Waals surface area contributed by atoms with E-state index in [1.54, 1.807) is 43.1 Å². The first-order valence-corrected chi connectivity index (χ1v) is 8.47. The Bertz CT molecular complexity index is 625. The van der Waals surface area contributed by atoms with Crippen molar-refractivity contribution >= 4 is 29.1 Å². The molecule has 0 atom stereocenters. The van der Waals surface area contributed by atoms with Gasteiger partial charge in [0.2, 0.25) is 0 Å². The summed E-state index contributed by atoms with van der Waals surface area (Å²) >= 11 is 7.62. The second-order valence-corrected chi connectivity index (χ2v) is 6.78. The van der Waals surface area contributed by atoms with Crippen LogP contribution in [0, 0.1) is 0 Å². The van der Waals surface area contributed by atoms with Gasteiger partial charge in [-0.25, -0.2) is 0 Å². The lowest BCUT2D eigenvalue weighted by molar-refractivity contribution is 0.104. The van der Waals surface area contributed by atoms with Gasteiger partial charge in [0.25, 0.3) is 0 Å². The number of ketones is 1. The third-order valence-corrected chi connectivity index (χ3v) is 4.54. The lowest BCUT2D eigenvalue weighted by Gasteiger charge is -2.16. The molecule has 0 aliphatic carbocycles. The van der Waals surface area contributed by atoms with Crippen molar-refractivity contribution in [3.05, 3.63) is 51.0 Å². The summed E-state index contributed by atoms with van der Waals surface area (Å²) in [5.41, 5.74) is 0.489. The number of unbranched alkanes of at least 4 members (excludes halogenated alkanes) is 1. The molecule has 0 radical (unpaired) electrons. The zero-order valence-electron chi connectivity index (χ0n) is 13.1. The van der Waals surface area contributed by atoms with Crippen molar-refractivity contribution in [2.45, 2.75) is 26.7 Å². The van der Waals surface area contributed by atoms with Crippen LogP contribution in [0.1, 0.15) is 37.0 Å². The molecule has 3 nitrogen and oxygen atoms in total. The predicted molar refractivity (Wildman–Crippen MR) is 93.4 cm³/mol. The van der Waals surface area contributed by atoms with Crippen molar-refractivity contribution in [1.82, 2.24) is 4.90 Å². The number of thioether (sulfide) groups is 1. The summed E-state index contributed by atoms with van der Waals surface area (Å²) in [7, 11) is 1.55. The van der Waals surface area contributed by atoms with Gasteiger partial charge >= 0.3 is 0 Å². The van der Waals surface area contributed by atoms with Crippen LogP contribution in [0.4, 0.5) is 0 Å². The molecule has 0 bridgehead atoms. The van der Waals surface area contributed by atoms with Gasteiger partial charge in [0.15, 0.2) is 5.78 Å². The Labute approximate surface area is 141 Å². The highest BCUT2D eigenvalue weighted by Gasteiger charge is 2.19. The van der Waals surface area contributed by atoms with Gasteiger partial charge in [-0.15, -0.1) is 0 Å². The zero-order chi connectivity index (χ0) is 16.1. The van der Waals surface area contributed by atoms with E-state index < -0.39 is 0 Å². The van der Waals surface area contributed by atoms with E-state index in [0.29, 0.717) is 16.3 Å². The molecule has 0 saturated heterocycles. The van der Waals surface area contributed by atoms with Gasteiger partial charge < -0.3 is 9.64 Å². The third kappa shape index (κ3) is 4.08. The van der Waals surface area contributed by atoms with E-state index in [2.05, 4.69) is 24.9 Å². The van der Waals surface area contributed by atoms with E-state index >= 15 is 0 Å². The Morgan fingerprint density at radius 3 is 2.91 bits per heavy atom. The van der Waals surface area contributed by atoms with E-state index in [1.807, 2.05) is 0 Å². The molecule has 0 aromatic heterocycles. The van der Waals surface area contributed by atoms with Gasteiger partial charge in [-0.1, -0.05) is 36.7 Å². The summed E-state index contributed by atoms with van der Waals surface area (Å²) in [4.78, 5) is 15.9. The molecular formula is C17H20ClNO2S. The molecule has 0 unspecified atom stereocenters. The van der Waals surface area contributed by atoms with Gasteiger partial charge in [0, 0.05) is 28.7 Å². The quantitative estimate of drug-likeness (QED) is 0.534. The predicted octanol–water partition coefficient (Wildman–Crippen LogP) is 5.08. The molecule has 5 heteroatoms. The van der Waals surface area contributed by atoms with Crippen molar-refractivity contribution in [3.8, 4) is 5.75 Å². The van der Waals surface area contributed by atoms with Crippen LogP contribution in [-0.2, 0) is 0 Å². The topological polar surface area (TPSA) is 29.5 Å². The highest BCUT2D eigenvalue weighted by atomic mass is 35.5. The maximum atomic E-state index is 12.6. The van der Waals surface area contributed by atoms with Crippen molar-refractivity contribution in [3.63, 3.8) is 0 Å². The van der Waals surface area contributed by atoms with E-state index in [4.69, 9.17) is 16.3 Å². The van der Waals surface area contributed by atoms with E-state index in [-0.39, 0.29) is 5.78 Å². The normalized spacial score (nSPS) is 16.1. The summed E-state index contributed by atoms with van der Waals surface area (Å²) in [6, 6.07) is 5.08. The van der Waals surface area contributed by atoms with Crippen LogP contribution < -0.4 is 4.74 Å². The Kier molecular flexibility index (Phi) is 5.98. The number of carbonyl (C=O) groups excluding carboxylic acids is 1. The Morgan fingerprint density at radius 2 is 2.23 bits per heavy atom. The molecule has 0 fully saturated rings. The summed E-state index contributed by atoms with van der Waals surface area (Å²) in [5, 5.41) is 1.48. The fourth-order valence-electron chi connectivity index (χ4n) is 2.21. The number of methoxy groups -OCH3 is 1. The maximum Gasteiger partial charge on any atom is 0.192 e. The smallest absolute Gasteiger partial charge is 0.192 e. The molecule has 22 heavy (non-hydrogen) atoms. The van der Waals surface area contributed by atoms with Crippen molar-refractivity contribution < 1.29 is 9.53 Å². The van der Waals surface area contributed by atoms with E-state index in [0.717, 1.165) is 24.4 Å². The molecule has 1 aliphatic rings. The monoisotopic (exact) mass is 337 g/mol. The second-order valence-electron chi connectivity index (χ2n) is 5.08. The van der Waals surface area contributed by atoms with E-state index in [9.17, 15) is 4.79 Å². The summed E-state index contributed by atoms with van der Waals surface area (Å²) in [6.45, 7) is 5.13. The highest BCUT2D eigenvalue weighted by molar-refractivity contribution is 8.06. The van der Waals surface area contributed by atoms with Crippen molar-refractivity contribution in [1.29, 1.82) is 0 Å². The number of rotatable bonds is 6. The lowest BCUT2D eigenvalue weighted by atomic mass is 10.1. The van der Waals surface area contributed by atoms with Crippen molar-refractivity contribution in [2.75, 3.05) is 13.7 Å². The molecule has 1 aromatic rings. The number of benzene rings is 1. The Morgan fingerprint density at radius 1 is 1.45 bits per heavy atom. The minimum Gasteiger partial charge on any atom is -0.496 e. The van der Waals surface area contributed by atoms with Gasteiger partial charge in [-0.05, 0) is 31.5 Å². The number of ether oxygens (including phenoxy) is 1. The van der Waals surface area contributed by atoms with Crippen LogP contribution in [0.5, 0.6) is 5.75 Å². The van der Waals surface area contributed by atoms with Crippen LogP contribution in [0.15, 0.2) is 40.4 Å².